The van der Waals surface area contributed by atoms with Crippen LogP contribution in [0.5, 0.6) is 0 Å². The zero-order valence-corrected chi connectivity index (χ0v) is 14.3. The lowest BCUT2D eigenvalue weighted by atomic mass is 9.90. The molecule has 0 saturated carbocycles. The van der Waals surface area contributed by atoms with Crippen LogP contribution >= 0.6 is 0 Å². The summed E-state index contributed by atoms with van der Waals surface area (Å²) >= 11 is 0. The van der Waals surface area contributed by atoms with Gasteiger partial charge in [-0.15, -0.1) is 0 Å². The zero-order chi connectivity index (χ0) is 16.1. The smallest absolute Gasteiger partial charge is 0.107 e. The third-order valence-electron chi connectivity index (χ3n) is 4.96. The largest absolute Gasteiger partial charge is 0.469 e. The van der Waals surface area contributed by atoms with E-state index in [-0.39, 0.29) is 0 Å². The Bertz CT molecular complexity index is 557. The minimum Gasteiger partial charge on any atom is -0.469 e. The van der Waals surface area contributed by atoms with Crippen LogP contribution in [-0.2, 0) is 0 Å². The molecule has 1 atom stereocenters. The van der Waals surface area contributed by atoms with Gasteiger partial charge in [0.1, 0.15) is 5.76 Å². The molecule has 3 heteroatoms. The van der Waals surface area contributed by atoms with Gasteiger partial charge in [0.25, 0.3) is 0 Å². The quantitative estimate of drug-likeness (QED) is 0.796. The number of hydrogen-bond acceptors (Lipinski definition) is 3. The minimum absolute atomic E-state index is 0.525. The molecule has 1 saturated heterocycles. The maximum Gasteiger partial charge on any atom is 0.107 e. The molecule has 0 N–H and O–H groups in total. The summed E-state index contributed by atoms with van der Waals surface area (Å²) in [6.07, 6.45) is 2.97. The van der Waals surface area contributed by atoms with Gasteiger partial charge in [0.05, 0.1) is 6.26 Å². The predicted molar refractivity (Wildman–Crippen MR) is 96.0 cm³/mol. The van der Waals surface area contributed by atoms with Crippen LogP contribution in [0.2, 0.25) is 0 Å². The third-order valence-corrected chi connectivity index (χ3v) is 4.96. The lowest BCUT2D eigenvalue weighted by Crippen LogP contribution is -2.46. The molecule has 124 valence electrons. The average Bonchev–Trinajstić information content (AvgIpc) is 3.10. The fourth-order valence-electron chi connectivity index (χ4n) is 3.50. The highest BCUT2D eigenvalue weighted by Gasteiger charge is 2.22. The van der Waals surface area contributed by atoms with Gasteiger partial charge >= 0.3 is 0 Å². The second kappa shape index (κ2) is 7.69. The maximum atomic E-state index is 5.64. The summed E-state index contributed by atoms with van der Waals surface area (Å²) in [5.74, 6) is 2.28. The van der Waals surface area contributed by atoms with E-state index in [1.807, 2.05) is 6.07 Å². The van der Waals surface area contributed by atoms with E-state index < -0.39 is 0 Å². The Morgan fingerprint density at radius 3 is 2.30 bits per heavy atom. The summed E-state index contributed by atoms with van der Waals surface area (Å²) in [5.41, 5.74) is 1.35. The molecule has 3 nitrogen and oxygen atoms in total. The van der Waals surface area contributed by atoms with Crippen molar-refractivity contribution < 1.29 is 4.42 Å². The first-order valence-electron chi connectivity index (χ1n) is 8.80. The van der Waals surface area contributed by atoms with Crippen molar-refractivity contribution in [3.63, 3.8) is 0 Å². The van der Waals surface area contributed by atoms with Crippen molar-refractivity contribution in [2.75, 3.05) is 37.6 Å². The Balaban J connectivity index is 1.49. The number of nitrogens with zero attached hydrogens (tertiary/aromatic N) is 2. The van der Waals surface area contributed by atoms with E-state index in [0.717, 1.165) is 38.5 Å². The average molecular weight is 312 g/mol. The maximum absolute atomic E-state index is 5.64. The molecule has 2 heterocycles. The Morgan fingerprint density at radius 1 is 0.957 bits per heavy atom. The summed E-state index contributed by atoms with van der Waals surface area (Å²) < 4.78 is 5.64. The standard InChI is InChI=1S/C20H28N2O/c1-17(2)19(20-9-6-16-23-20)10-11-21-12-14-22(15-13-21)18-7-4-3-5-8-18/h3-9,16-17,19H,10-15H2,1-2H3/t19-/m0/s1. The second-order valence-corrected chi connectivity index (χ2v) is 6.82. The van der Waals surface area contributed by atoms with Crippen molar-refractivity contribution in [1.29, 1.82) is 0 Å². The number of anilines is 1. The number of benzene rings is 1. The molecule has 0 amide bonds. The Hall–Kier alpha value is -1.74. The number of furan rings is 1. The van der Waals surface area contributed by atoms with Gasteiger partial charge in [-0.05, 0) is 43.1 Å². The molecule has 2 aromatic rings. The monoisotopic (exact) mass is 312 g/mol. The Kier molecular flexibility index (Phi) is 5.39. The summed E-state index contributed by atoms with van der Waals surface area (Å²) in [7, 11) is 0. The molecule has 1 aromatic carbocycles. The molecule has 23 heavy (non-hydrogen) atoms. The van der Waals surface area contributed by atoms with Crippen molar-refractivity contribution in [2.24, 2.45) is 5.92 Å². The van der Waals surface area contributed by atoms with Gasteiger partial charge in [0, 0.05) is 37.8 Å². The van der Waals surface area contributed by atoms with Crippen LogP contribution in [0.15, 0.2) is 53.1 Å². The summed E-state index contributed by atoms with van der Waals surface area (Å²) in [4.78, 5) is 5.08. The van der Waals surface area contributed by atoms with Crippen LogP contribution in [0.4, 0.5) is 5.69 Å². The Labute approximate surface area is 139 Å². The predicted octanol–water partition coefficient (Wildman–Crippen LogP) is 4.23. The highest BCUT2D eigenvalue weighted by molar-refractivity contribution is 5.46. The molecule has 0 radical (unpaired) electrons. The lowest BCUT2D eigenvalue weighted by Gasteiger charge is -2.36. The fourth-order valence-corrected chi connectivity index (χ4v) is 3.50. The van der Waals surface area contributed by atoms with E-state index in [2.05, 4.69) is 60.0 Å². The number of para-hydroxylation sites is 1. The third kappa shape index (κ3) is 4.17. The van der Waals surface area contributed by atoms with Crippen LogP contribution in [0.25, 0.3) is 0 Å². The van der Waals surface area contributed by atoms with Gasteiger partial charge in [0.15, 0.2) is 0 Å². The SMILES string of the molecule is CC(C)[C@H](CCN1CCN(c2ccccc2)CC1)c1ccco1. The molecule has 0 unspecified atom stereocenters. The van der Waals surface area contributed by atoms with Gasteiger partial charge in [-0.3, -0.25) is 4.90 Å². The Morgan fingerprint density at radius 2 is 1.70 bits per heavy atom. The van der Waals surface area contributed by atoms with Crippen LogP contribution < -0.4 is 4.90 Å². The first-order chi connectivity index (χ1) is 11.2. The van der Waals surface area contributed by atoms with Crippen molar-refractivity contribution >= 4 is 5.69 Å². The van der Waals surface area contributed by atoms with Crippen LogP contribution in [-0.4, -0.2) is 37.6 Å². The van der Waals surface area contributed by atoms with Crippen molar-refractivity contribution in [3.8, 4) is 0 Å². The minimum atomic E-state index is 0.525. The van der Waals surface area contributed by atoms with E-state index >= 15 is 0 Å². The van der Waals surface area contributed by atoms with Crippen molar-refractivity contribution in [1.82, 2.24) is 4.90 Å². The van der Waals surface area contributed by atoms with E-state index in [1.54, 1.807) is 6.26 Å². The zero-order valence-electron chi connectivity index (χ0n) is 14.3. The van der Waals surface area contributed by atoms with E-state index in [1.165, 1.54) is 12.1 Å². The molecule has 3 rings (SSSR count). The van der Waals surface area contributed by atoms with Gasteiger partial charge < -0.3 is 9.32 Å². The second-order valence-electron chi connectivity index (χ2n) is 6.82. The molecular formula is C20H28N2O. The van der Waals surface area contributed by atoms with Gasteiger partial charge in [-0.2, -0.15) is 0 Å². The number of rotatable bonds is 6. The first kappa shape index (κ1) is 16.1. The lowest BCUT2D eigenvalue weighted by molar-refractivity contribution is 0.234. The highest BCUT2D eigenvalue weighted by atomic mass is 16.3. The molecule has 1 aromatic heterocycles. The van der Waals surface area contributed by atoms with Gasteiger partial charge in [-0.1, -0.05) is 32.0 Å². The van der Waals surface area contributed by atoms with E-state index in [4.69, 9.17) is 4.42 Å². The van der Waals surface area contributed by atoms with Crippen LogP contribution in [0, 0.1) is 5.92 Å². The molecular weight excluding hydrogens is 284 g/mol. The topological polar surface area (TPSA) is 19.6 Å². The van der Waals surface area contributed by atoms with Crippen molar-refractivity contribution in [3.05, 3.63) is 54.5 Å². The molecule has 1 fully saturated rings. The van der Waals surface area contributed by atoms with Gasteiger partial charge in [0.2, 0.25) is 0 Å². The molecule has 0 spiro atoms. The summed E-state index contributed by atoms with van der Waals surface area (Å²) in [6, 6.07) is 14.9. The van der Waals surface area contributed by atoms with E-state index in [0.29, 0.717) is 11.8 Å². The number of piperazine rings is 1. The van der Waals surface area contributed by atoms with Crippen LogP contribution in [0.3, 0.4) is 0 Å². The first-order valence-corrected chi connectivity index (χ1v) is 8.80. The fraction of sp³-hybridized carbons (Fsp3) is 0.500. The molecule has 0 bridgehead atoms. The summed E-state index contributed by atoms with van der Waals surface area (Å²) in [6.45, 7) is 10.3. The highest BCUT2D eigenvalue weighted by Crippen LogP contribution is 2.28. The number of hydrogen-bond donors (Lipinski definition) is 0. The summed E-state index contributed by atoms with van der Waals surface area (Å²) in [5, 5.41) is 0. The van der Waals surface area contributed by atoms with Crippen molar-refractivity contribution in [2.45, 2.75) is 26.2 Å². The van der Waals surface area contributed by atoms with Crippen LogP contribution in [0.1, 0.15) is 31.9 Å². The molecule has 0 aliphatic carbocycles. The molecule has 1 aliphatic rings. The normalized spacial score (nSPS) is 17.6. The van der Waals surface area contributed by atoms with Gasteiger partial charge in [-0.25, -0.2) is 0 Å². The molecule has 1 aliphatic heterocycles. The van der Waals surface area contributed by atoms with E-state index in [9.17, 15) is 0 Å².